The monoisotopic (exact) mass is 402 g/mol. The van der Waals surface area contributed by atoms with Crippen LogP contribution in [0.1, 0.15) is 11.1 Å². The van der Waals surface area contributed by atoms with Gasteiger partial charge in [0.2, 0.25) is 5.91 Å². The quantitative estimate of drug-likeness (QED) is 0.810. The predicted molar refractivity (Wildman–Crippen MR) is 110 cm³/mol. The lowest BCUT2D eigenvalue weighted by Crippen LogP contribution is -2.47. The van der Waals surface area contributed by atoms with Crippen LogP contribution >= 0.6 is 23.2 Å². The first-order valence-electron chi connectivity index (χ1n) is 8.99. The summed E-state index contributed by atoms with van der Waals surface area (Å²) >= 11 is 12.6. The van der Waals surface area contributed by atoms with Gasteiger partial charge in [0.15, 0.2) is 0 Å². The number of anilines is 1. The van der Waals surface area contributed by atoms with Crippen molar-refractivity contribution in [2.75, 3.05) is 31.5 Å². The van der Waals surface area contributed by atoms with Gasteiger partial charge in [-0.1, -0.05) is 41.4 Å². The number of hydrogen-bond donors (Lipinski definition) is 2. The standard InChI is InChI=1S/C20H20Cl2N4O/c21-14-5-6-17-15(12-14)19(26-9-7-23-8-10-26)24-18(20(27)25-17)11-13-3-1-2-4-16(13)22/h1-6,12,18,23H,7-11H2,(H,25,27). The zero-order chi connectivity index (χ0) is 18.8. The topological polar surface area (TPSA) is 56.7 Å². The second kappa shape index (κ2) is 7.89. The molecule has 0 bridgehead atoms. The van der Waals surface area contributed by atoms with Crippen molar-refractivity contribution in [1.82, 2.24) is 10.2 Å². The Morgan fingerprint density at radius 3 is 2.67 bits per heavy atom. The minimum Gasteiger partial charge on any atom is -0.354 e. The van der Waals surface area contributed by atoms with E-state index in [-0.39, 0.29) is 5.91 Å². The molecule has 2 heterocycles. The van der Waals surface area contributed by atoms with E-state index in [2.05, 4.69) is 15.5 Å². The van der Waals surface area contributed by atoms with E-state index < -0.39 is 6.04 Å². The van der Waals surface area contributed by atoms with E-state index in [9.17, 15) is 4.79 Å². The van der Waals surface area contributed by atoms with Crippen LogP contribution in [0, 0.1) is 0 Å². The maximum atomic E-state index is 12.9. The number of fused-ring (bicyclic) bond motifs is 1. The van der Waals surface area contributed by atoms with E-state index in [0.29, 0.717) is 16.5 Å². The first-order chi connectivity index (χ1) is 13.1. The molecule has 1 unspecified atom stereocenters. The molecule has 0 aliphatic carbocycles. The Bertz CT molecular complexity index is 893. The average molecular weight is 403 g/mol. The van der Waals surface area contributed by atoms with Crippen LogP contribution in [-0.4, -0.2) is 48.9 Å². The number of rotatable bonds is 2. The zero-order valence-corrected chi connectivity index (χ0v) is 16.2. The minimum atomic E-state index is -0.555. The first kappa shape index (κ1) is 18.3. The fourth-order valence-electron chi connectivity index (χ4n) is 3.44. The van der Waals surface area contributed by atoms with Crippen LogP contribution in [0.3, 0.4) is 0 Å². The van der Waals surface area contributed by atoms with Crippen LogP contribution < -0.4 is 10.6 Å². The average Bonchev–Trinajstić information content (AvgIpc) is 2.81. The third kappa shape index (κ3) is 3.95. The molecule has 2 aliphatic heterocycles. The lowest BCUT2D eigenvalue weighted by molar-refractivity contribution is -0.117. The van der Waals surface area contributed by atoms with E-state index >= 15 is 0 Å². The van der Waals surface area contributed by atoms with Crippen LogP contribution in [-0.2, 0) is 11.2 Å². The number of amidine groups is 1. The smallest absolute Gasteiger partial charge is 0.249 e. The van der Waals surface area contributed by atoms with Crippen molar-refractivity contribution in [3.05, 3.63) is 63.6 Å². The van der Waals surface area contributed by atoms with Gasteiger partial charge in [0.05, 0.1) is 5.69 Å². The molecular weight excluding hydrogens is 383 g/mol. The largest absolute Gasteiger partial charge is 0.354 e. The molecule has 5 nitrogen and oxygen atoms in total. The lowest BCUT2D eigenvalue weighted by atomic mass is 10.1. The van der Waals surface area contributed by atoms with Gasteiger partial charge in [-0.2, -0.15) is 0 Å². The summed E-state index contributed by atoms with van der Waals surface area (Å²) in [6, 6.07) is 12.5. The molecule has 0 spiro atoms. The Morgan fingerprint density at radius 1 is 1.11 bits per heavy atom. The minimum absolute atomic E-state index is 0.136. The highest BCUT2D eigenvalue weighted by atomic mass is 35.5. The summed E-state index contributed by atoms with van der Waals surface area (Å²) in [5, 5.41) is 7.63. The highest BCUT2D eigenvalue weighted by Gasteiger charge is 2.29. The Labute approximate surface area is 168 Å². The number of halogens is 2. The Morgan fingerprint density at radius 2 is 1.89 bits per heavy atom. The first-order valence-corrected chi connectivity index (χ1v) is 9.75. The van der Waals surface area contributed by atoms with Gasteiger partial charge in [-0.15, -0.1) is 0 Å². The van der Waals surface area contributed by atoms with Crippen molar-refractivity contribution in [3.63, 3.8) is 0 Å². The number of aliphatic imine (C=N–C) groups is 1. The fraction of sp³-hybridized carbons (Fsp3) is 0.300. The van der Waals surface area contributed by atoms with E-state index in [4.69, 9.17) is 28.2 Å². The summed E-state index contributed by atoms with van der Waals surface area (Å²) in [5.74, 6) is 0.674. The summed E-state index contributed by atoms with van der Waals surface area (Å²) in [5.41, 5.74) is 2.51. The third-order valence-electron chi connectivity index (χ3n) is 4.85. The number of nitrogens with zero attached hydrogens (tertiary/aromatic N) is 2. The molecule has 0 aromatic heterocycles. The number of carbonyl (C=O) groups excluding carboxylic acids is 1. The second-order valence-electron chi connectivity index (χ2n) is 6.68. The molecule has 2 aliphatic rings. The molecule has 27 heavy (non-hydrogen) atoms. The van der Waals surface area contributed by atoms with Crippen LogP contribution in [0.15, 0.2) is 47.5 Å². The summed E-state index contributed by atoms with van der Waals surface area (Å²) < 4.78 is 0. The van der Waals surface area contributed by atoms with E-state index in [1.54, 1.807) is 6.07 Å². The SMILES string of the molecule is O=C1Nc2ccc(Cl)cc2C(N2CCNCC2)=NC1Cc1ccccc1Cl. The van der Waals surface area contributed by atoms with Crippen molar-refractivity contribution in [3.8, 4) is 0 Å². The van der Waals surface area contributed by atoms with Crippen molar-refractivity contribution in [2.45, 2.75) is 12.5 Å². The Kier molecular flexibility index (Phi) is 5.34. The maximum Gasteiger partial charge on any atom is 0.249 e. The van der Waals surface area contributed by atoms with Crippen molar-refractivity contribution < 1.29 is 4.79 Å². The molecule has 2 N–H and O–H groups in total. The molecule has 0 radical (unpaired) electrons. The molecule has 1 atom stereocenters. The summed E-state index contributed by atoms with van der Waals surface area (Å²) in [4.78, 5) is 20.0. The molecule has 140 valence electrons. The number of hydrogen-bond acceptors (Lipinski definition) is 4. The van der Waals surface area contributed by atoms with Gasteiger partial charge in [0.1, 0.15) is 11.9 Å². The van der Waals surface area contributed by atoms with Crippen LogP contribution in [0.2, 0.25) is 10.0 Å². The molecule has 2 aromatic rings. The van der Waals surface area contributed by atoms with Crippen molar-refractivity contribution in [1.29, 1.82) is 0 Å². The summed E-state index contributed by atoms with van der Waals surface area (Å²) in [7, 11) is 0. The highest BCUT2D eigenvalue weighted by Crippen LogP contribution is 2.27. The number of benzodiazepines with no additional fused rings is 1. The normalized spacial score (nSPS) is 19.8. The van der Waals surface area contributed by atoms with Crippen LogP contribution in [0.4, 0.5) is 5.69 Å². The fourth-order valence-corrected chi connectivity index (χ4v) is 3.83. The molecule has 0 saturated carbocycles. The van der Waals surface area contributed by atoms with Gasteiger partial charge < -0.3 is 15.5 Å². The van der Waals surface area contributed by atoms with Gasteiger partial charge in [0, 0.05) is 48.2 Å². The summed E-state index contributed by atoms with van der Waals surface area (Å²) in [6.07, 6.45) is 0.447. The Hall–Kier alpha value is -2.08. The van der Waals surface area contributed by atoms with Gasteiger partial charge in [-0.25, -0.2) is 0 Å². The molecule has 1 amide bonds. The molecule has 2 aromatic carbocycles. The number of nitrogens with one attached hydrogen (secondary N) is 2. The van der Waals surface area contributed by atoms with Crippen LogP contribution in [0.5, 0.6) is 0 Å². The molecule has 1 saturated heterocycles. The van der Waals surface area contributed by atoms with Gasteiger partial charge >= 0.3 is 0 Å². The molecule has 1 fully saturated rings. The second-order valence-corrected chi connectivity index (χ2v) is 7.52. The van der Waals surface area contributed by atoms with E-state index in [1.165, 1.54) is 0 Å². The summed E-state index contributed by atoms with van der Waals surface area (Å²) in [6.45, 7) is 3.42. The van der Waals surface area contributed by atoms with Crippen molar-refractivity contribution in [2.24, 2.45) is 4.99 Å². The molecule has 4 rings (SSSR count). The highest BCUT2D eigenvalue weighted by molar-refractivity contribution is 6.31. The number of benzene rings is 2. The molecular formula is C20H20Cl2N4O. The number of piperazine rings is 1. The third-order valence-corrected chi connectivity index (χ3v) is 5.45. The Balaban J connectivity index is 1.75. The maximum absolute atomic E-state index is 12.9. The van der Waals surface area contributed by atoms with Crippen LogP contribution in [0.25, 0.3) is 0 Å². The number of amides is 1. The predicted octanol–water partition coefficient (Wildman–Crippen LogP) is 3.21. The number of carbonyl (C=O) groups is 1. The van der Waals surface area contributed by atoms with Gasteiger partial charge in [-0.3, -0.25) is 9.79 Å². The van der Waals surface area contributed by atoms with Gasteiger partial charge in [0.25, 0.3) is 0 Å². The zero-order valence-electron chi connectivity index (χ0n) is 14.7. The lowest BCUT2D eigenvalue weighted by Gasteiger charge is -2.31. The van der Waals surface area contributed by atoms with Crippen molar-refractivity contribution >= 4 is 40.6 Å². The molecule has 7 heteroatoms. The van der Waals surface area contributed by atoms with Gasteiger partial charge in [-0.05, 0) is 29.8 Å². The van der Waals surface area contributed by atoms with E-state index in [1.807, 2.05) is 36.4 Å². The van der Waals surface area contributed by atoms with E-state index in [0.717, 1.165) is 48.8 Å².